The lowest BCUT2D eigenvalue weighted by Gasteiger charge is -2.36. The standard InChI is InChI=1S/C21H33N5O.C8H11NS/c1-17(27)25-11-13-26(14-12-25)21(19-9-5-6-10-20(19)22)24-16-23-15-18-7-3-2-4-8-18;1-7-3-5-8(6-4-7)10-9-2/h5-6,9-10,18,23H,2-4,7-8,11-16,22H2,1H3;3-6,9H,1-2H3/b24-21+;. The summed E-state index contributed by atoms with van der Waals surface area (Å²) in [5.41, 5.74) is 9.27. The zero-order valence-electron chi connectivity index (χ0n) is 22.7. The Morgan fingerprint density at radius 1 is 1.00 bits per heavy atom. The van der Waals surface area contributed by atoms with Gasteiger partial charge in [0.25, 0.3) is 0 Å². The van der Waals surface area contributed by atoms with E-state index in [4.69, 9.17) is 10.7 Å². The molecule has 0 atom stereocenters. The molecule has 2 fully saturated rings. The van der Waals surface area contributed by atoms with Crippen molar-refractivity contribution in [1.29, 1.82) is 0 Å². The van der Waals surface area contributed by atoms with Gasteiger partial charge >= 0.3 is 0 Å². The van der Waals surface area contributed by atoms with Crippen LogP contribution in [0, 0.1) is 12.8 Å². The van der Waals surface area contributed by atoms with E-state index in [9.17, 15) is 4.79 Å². The van der Waals surface area contributed by atoms with Crippen LogP contribution < -0.4 is 15.8 Å². The summed E-state index contributed by atoms with van der Waals surface area (Å²) < 4.78 is 3.02. The molecule has 0 aromatic heterocycles. The van der Waals surface area contributed by atoms with Crippen LogP contribution in [0.1, 0.15) is 50.2 Å². The highest BCUT2D eigenvalue weighted by molar-refractivity contribution is 7.97. The van der Waals surface area contributed by atoms with Crippen LogP contribution in [-0.2, 0) is 4.79 Å². The molecule has 8 heteroatoms. The minimum Gasteiger partial charge on any atom is -0.398 e. The second kappa shape index (κ2) is 15.6. The number of hydrogen-bond donors (Lipinski definition) is 3. The first kappa shape index (κ1) is 29.0. The number of carbonyl (C=O) groups is 1. The number of nitrogen functional groups attached to an aromatic ring is 1. The Morgan fingerprint density at radius 2 is 1.65 bits per heavy atom. The van der Waals surface area contributed by atoms with Crippen molar-refractivity contribution in [1.82, 2.24) is 19.8 Å². The minimum absolute atomic E-state index is 0.140. The van der Waals surface area contributed by atoms with Gasteiger partial charge in [0.2, 0.25) is 5.91 Å². The lowest BCUT2D eigenvalue weighted by molar-refractivity contribution is -0.130. The van der Waals surface area contributed by atoms with Gasteiger partial charge in [-0.15, -0.1) is 0 Å². The molecule has 0 unspecified atom stereocenters. The summed E-state index contributed by atoms with van der Waals surface area (Å²) in [6.45, 7) is 8.41. The molecule has 202 valence electrons. The first-order valence-corrected chi connectivity index (χ1v) is 14.3. The molecule has 2 aromatic rings. The predicted molar refractivity (Wildman–Crippen MR) is 157 cm³/mol. The fourth-order valence-corrected chi connectivity index (χ4v) is 5.31. The van der Waals surface area contributed by atoms with Crippen molar-refractivity contribution >= 4 is 29.4 Å². The summed E-state index contributed by atoms with van der Waals surface area (Å²) in [5.74, 6) is 1.87. The normalized spacial score (nSPS) is 16.8. The molecule has 7 nitrogen and oxygen atoms in total. The third-order valence-corrected chi connectivity index (χ3v) is 7.68. The van der Waals surface area contributed by atoms with Gasteiger partial charge in [0, 0.05) is 49.2 Å². The monoisotopic (exact) mass is 524 g/mol. The summed E-state index contributed by atoms with van der Waals surface area (Å²) in [5, 5.41) is 3.52. The molecule has 0 radical (unpaired) electrons. The van der Waals surface area contributed by atoms with Gasteiger partial charge in [-0.3, -0.25) is 19.8 Å². The number of aliphatic imine (C=N–C) groups is 1. The van der Waals surface area contributed by atoms with Crippen LogP contribution in [0.5, 0.6) is 0 Å². The van der Waals surface area contributed by atoms with Gasteiger partial charge in [-0.1, -0.05) is 49.1 Å². The number of rotatable bonds is 7. The number of nitrogens with two attached hydrogens (primary N) is 1. The molecular formula is C29H44N6OS. The summed E-state index contributed by atoms with van der Waals surface area (Å²) >= 11 is 1.63. The molecule has 1 aliphatic carbocycles. The Morgan fingerprint density at radius 3 is 2.27 bits per heavy atom. The number of para-hydroxylation sites is 1. The maximum Gasteiger partial charge on any atom is 0.219 e. The number of hydrogen-bond acceptors (Lipinski definition) is 6. The smallest absolute Gasteiger partial charge is 0.219 e. The SMILES string of the molecule is CC(=O)N1CCN(/C(=N/CNCC2CCCCC2)c2ccccc2N)CC1.CNSc1ccc(C)cc1. The van der Waals surface area contributed by atoms with Crippen molar-refractivity contribution in [3.8, 4) is 0 Å². The van der Waals surface area contributed by atoms with Crippen molar-refractivity contribution in [3.05, 3.63) is 59.7 Å². The summed E-state index contributed by atoms with van der Waals surface area (Å²) in [4.78, 5) is 21.9. The van der Waals surface area contributed by atoms with Crippen molar-refractivity contribution in [2.75, 3.05) is 52.2 Å². The molecule has 4 N–H and O–H groups in total. The molecule has 4 rings (SSSR count). The first-order valence-electron chi connectivity index (χ1n) is 13.5. The molecule has 1 amide bonds. The second-order valence-electron chi connectivity index (χ2n) is 9.80. The van der Waals surface area contributed by atoms with Crippen molar-refractivity contribution in [2.45, 2.75) is 50.8 Å². The van der Waals surface area contributed by atoms with Gasteiger partial charge in [-0.2, -0.15) is 0 Å². The number of piperazine rings is 1. The van der Waals surface area contributed by atoms with E-state index in [1.807, 2.05) is 36.2 Å². The van der Waals surface area contributed by atoms with Gasteiger partial charge in [-0.25, -0.2) is 0 Å². The van der Waals surface area contributed by atoms with Crippen LogP contribution in [0.2, 0.25) is 0 Å². The van der Waals surface area contributed by atoms with Gasteiger partial charge in [0.05, 0.1) is 6.67 Å². The maximum absolute atomic E-state index is 11.6. The lowest BCUT2D eigenvalue weighted by Crippen LogP contribution is -2.50. The predicted octanol–water partition coefficient (Wildman–Crippen LogP) is 4.53. The minimum atomic E-state index is 0.140. The highest BCUT2D eigenvalue weighted by Crippen LogP contribution is 2.23. The average molecular weight is 525 g/mol. The van der Waals surface area contributed by atoms with Gasteiger partial charge < -0.3 is 15.5 Å². The van der Waals surface area contributed by atoms with E-state index in [2.05, 4.69) is 46.1 Å². The van der Waals surface area contributed by atoms with Crippen LogP contribution in [0.4, 0.5) is 5.69 Å². The van der Waals surface area contributed by atoms with Crippen LogP contribution in [0.15, 0.2) is 58.4 Å². The summed E-state index contributed by atoms with van der Waals surface area (Å²) in [6.07, 6.45) is 6.78. The molecule has 37 heavy (non-hydrogen) atoms. The number of benzene rings is 2. The van der Waals surface area contributed by atoms with E-state index in [1.54, 1.807) is 18.9 Å². The maximum atomic E-state index is 11.6. The number of amides is 1. The van der Waals surface area contributed by atoms with Crippen LogP contribution in [0.3, 0.4) is 0 Å². The Bertz CT molecular complexity index is 982. The topological polar surface area (TPSA) is 86.0 Å². The molecule has 1 saturated carbocycles. The van der Waals surface area contributed by atoms with E-state index in [0.717, 1.165) is 55.7 Å². The summed E-state index contributed by atoms with van der Waals surface area (Å²) in [6, 6.07) is 16.3. The zero-order chi connectivity index (χ0) is 26.5. The molecule has 0 spiro atoms. The van der Waals surface area contributed by atoms with Gasteiger partial charge in [0.1, 0.15) is 5.84 Å². The fourth-order valence-electron chi connectivity index (χ4n) is 4.80. The van der Waals surface area contributed by atoms with E-state index < -0.39 is 0 Å². The third-order valence-electron chi connectivity index (χ3n) is 6.97. The Hall–Kier alpha value is -2.55. The van der Waals surface area contributed by atoms with E-state index in [1.165, 1.54) is 42.6 Å². The molecule has 0 bridgehead atoms. The number of aryl methyl sites for hydroxylation is 1. The van der Waals surface area contributed by atoms with Crippen LogP contribution in [0.25, 0.3) is 0 Å². The van der Waals surface area contributed by atoms with E-state index in [0.29, 0.717) is 6.67 Å². The third kappa shape index (κ3) is 9.68. The number of nitrogens with zero attached hydrogens (tertiary/aromatic N) is 3. The van der Waals surface area contributed by atoms with Crippen LogP contribution in [-0.4, -0.2) is 68.0 Å². The number of amidine groups is 1. The Kier molecular flexibility index (Phi) is 12.3. The molecule has 1 aliphatic heterocycles. The highest BCUT2D eigenvalue weighted by Gasteiger charge is 2.23. The Balaban J connectivity index is 0.000000319. The summed E-state index contributed by atoms with van der Waals surface area (Å²) in [7, 11) is 1.92. The number of anilines is 1. The highest BCUT2D eigenvalue weighted by atomic mass is 32.2. The van der Waals surface area contributed by atoms with Crippen molar-refractivity contribution < 1.29 is 4.79 Å². The van der Waals surface area contributed by atoms with E-state index >= 15 is 0 Å². The molecule has 2 aromatic carbocycles. The largest absolute Gasteiger partial charge is 0.398 e. The number of carbonyl (C=O) groups excluding carboxylic acids is 1. The number of nitrogens with one attached hydrogen (secondary N) is 2. The van der Waals surface area contributed by atoms with Crippen LogP contribution >= 0.6 is 11.9 Å². The molecule has 2 aliphatic rings. The Labute approximate surface area is 227 Å². The van der Waals surface area contributed by atoms with Gasteiger partial charge in [0.15, 0.2) is 0 Å². The zero-order valence-corrected chi connectivity index (χ0v) is 23.5. The van der Waals surface area contributed by atoms with Gasteiger partial charge in [-0.05, 0) is 75.5 Å². The first-order chi connectivity index (χ1) is 18.0. The molecular weight excluding hydrogens is 480 g/mol. The second-order valence-corrected chi connectivity index (χ2v) is 10.9. The lowest BCUT2D eigenvalue weighted by atomic mass is 9.89. The van der Waals surface area contributed by atoms with E-state index in [-0.39, 0.29) is 5.91 Å². The quantitative estimate of drug-likeness (QED) is 0.162. The van der Waals surface area contributed by atoms with Crippen molar-refractivity contribution in [3.63, 3.8) is 0 Å². The molecule has 1 heterocycles. The average Bonchev–Trinajstić information content (AvgIpc) is 2.92. The molecule has 1 saturated heterocycles. The van der Waals surface area contributed by atoms with Crippen molar-refractivity contribution in [2.24, 2.45) is 10.9 Å². The fraction of sp³-hybridized carbons (Fsp3) is 0.517.